The van der Waals surface area contributed by atoms with Crippen molar-refractivity contribution in [1.29, 1.82) is 5.26 Å². The average Bonchev–Trinajstić information content (AvgIpc) is 2.17. The van der Waals surface area contributed by atoms with Crippen LogP contribution in [0.3, 0.4) is 0 Å². The van der Waals surface area contributed by atoms with Gasteiger partial charge in [-0.3, -0.25) is 4.79 Å². The summed E-state index contributed by atoms with van der Waals surface area (Å²) in [6.45, 7) is 1.45. The van der Waals surface area contributed by atoms with Crippen molar-refractivity contribution in [2.24, 2.45) is 0 Å². The molecule has 1 rings (SSSR count). The van der Waals surface area contributed by atoms with Crippen LogP contribution in [0.1, 0.15) is 22.8 Å². The summed E-state index contributed by atoms with van der Waals surface area (Å²) in [5.41, 5.74) is 0.871. The summed E-state index contributed by atoms with van der Waals surface area (Å²) in [7, 11) is 1.49. The highest BCUT2D eigenvalue weighted by Crippen LogP contribution is 2.29. The summed E-state index contributed by atoms with van der Waals surface area (Å²) in [4.78, 5) is 11.1. The second kappa shape index (κ2) is 4.25. The molecule has 0 saturated heterocycles. The molecular formula is C10H8BrNO2. The molecule has 0 N–H and O–H groups in total. The molecule has 0 radical (unpaired) electrons. The molecule has 0 saturated carbocycles. The van der Waals surface area contributed by atoms with Crippen LogP contribution in [0.15, 0.2) is 16.6 Å². The van der Waals surface area contributed by atoms with Crippen molar-refractivity contribution in [2.45, 2.75) is 6.92 Å². The van der Waals surface area contributed by atoms with E-state index in [0.29, 0.717) is 21.3 Å². The Kier molecular flexibility index (Phi) is 3.26. The fourth-order valence-corrected chi connectivity index (χ4v) is 1.51. The molecule has 0 aliphatic heterocycles. The van der Waals surface area contributed by atoms with Crippen LogP contribution in [0.5, 0.6) is 5.75 Å². The Labute approximate surface area is 90.4 Å². The van der Waals surface area contributed by atoms with Gasteiger partial charge >= 0.3 is 0 Å². The normalized spacial score (nSPS) is 9.29. The predicted molar refractivity (Wildman–Crippen MR) is 55.4 cm³/mol. The van der Waals surface area contributed by atoms with E-state index in [2.05, 4.69) is 15.9 Å². The van der Waals surface area contributed by atoms with E-state index in [1.807, 2.05) is 6.07 Å². The molecule has 0 amide bonds. The largest absolute Gasteiger partial charge is 0.496 e. The first kappa shape index (κ1) is 10.7. The van der Waals surface area contributed by atoms with E-state index in [0.717, 1.165) is 0 Å². The van der Waals surface area contributed by atoms with Crippen molar-refractivity contribution in [2.75, 3.05) is 7.11 Å². The van der Waals surface area contributed by atoms with Gasteiger partial charge in [0.2, 0.25) is 0 Å². The van der Waals surface area contributed by atoms with Crippen molar-refractivity contribution >= 4 is 21.7 Å². The van der Waals surface area contributed by atoms with Crippen LogP contribution < -0.4 is 4.74 Å². The smallest absolute Gasteiger partial charge is 0.159 e. The molecule has 0 bridgehead atoms. The van der Waals surface area contributed by atoms with Crippen molar-refractivity contribution in [3.63, 3.8) is 0 Å². The molecule has 0 unspecified atom stereocenters. The highest BCUT2D eigenvalue weighted by molar-refractivity contribution is 9.10. The number of benzene rings is 1. The zero-order chi connectivity index (χ0) is 10.7. The lowest BCUT2D eigenvalue weighted by Crippen LogP contribution is -1.96. The van der Waals surface area contributed by atoms with E-state index < -0.39 is 0 Å². The van der Waals surface area contributed by atoms with Gasteiger partial charge in [0.25, 0.3) is 0 Å². The number of Topliss-reactive ketones (excluding diaryl/α,β-unsaturated/α-hetero) is 1. The number of ketones is 1. The number of hydrogen-bond acceptors (Lipinski definition) is 3. The maximum Gasteiger partial charge on any atom is 0.159 e. The first-order chi connectivity index (χ1) is 6.60. The molecule has 3 nitrogen and oxygen atoms in total. The summed E-state index contributed by atoms with van der Waals surface area (Å²) in [5, 5.41) is 8.80. The molecule has 1 aromatic rings. The van der Waals surface area contributed by atoms with Crippen LogP contribution in [0.25, 0.3) is 0 Å². The first-order valence-corrected chi connectivity index (χ1v) is 4.68. The number of nitriles is 1. The van der Waals surface area contributed by atoms with Crippen LogP contribution in [0.4, 0.5) is 0 Å². The number of ether oxygens (including phenoxy) is 1. The van der Waals surface area contributed by atoms with Gasteiger partial charge in [-0.25, -0.2) is 0 Å². The molecular weight excluding hydrogens is 246 g/mol. The molecule has 0 aliphatic rings. The monoisotopic (exact) mass is 253 g/mol. The van der Waals surface area contributed by atoms with Gasteiger partial charge in [0.15, 0.2) is 5.78 Å². The van der Waals surface area contributed by atoms with E-state index in [1.165, 1.54) is 20.1 Å². The highest BCUT2D eigenvalue weighted by atomic mass is 79.9. The third-order valence-corrected chi connectivity index (χ3v) is 2.60. The van der Waals surface area contributed by atoms with Crippen LogP contribution in [-0.2, 0) is 0 Å². The third kappa shape index (κ3) is 1.94. The van der Waals surface area contributed by atoms with Gasteiger partial charge in [-0.05, 0) is 35.0 Å². The van der Waals surface area contributed by atoms with E-state index in [1.54, 1.807) is 6.07 Å². The van der Waals surface area contributed by atoms with Crippen molar-refractivity contribution < 1.29 is 9.53 Å². The molecule has 0 aliphatic carbocycles. The van der Waals surface area contributed by atoms with Crippen LogP contribution >= 0.6 is 15.9 Å². The molecule has 0 spiro atoms. The minimum atomic E-state index is -0.0905. The molecule has 0 aromatic heterocycles. The van der Waals surface area contributed by atoms with Gasteiger partial charge in [0.05, 0.1) is 17.1 Å². The average molecular weight is 254 g/mol. The summed E-state index contributed by atoms with van der Waals surface area (Å²) in [6.07, 6.45) is 0. The minimum Gasteiger partial charge on any atom is -0.496 e. The predicted octanol–water partition coefficient (Wildman–Crippen LogP) is 2.53. The number of carbonyl (C=O) groups excluding carboxylic acids is 1. The Balaban J connectivity index is 3.41. The van der Waals surface area contributed by atoms with E-state index in [9.17, 15) is 4.79 Å². The lowest BCUT2D eigenvalue weighted by Gasteiger charge is -2.06. The van der Waals surface area contributed by atoms with Crippen LogP contribution in [0.2, 0.25) is 0 Å². The van der Waals surface area contributed by atoms with E-state index in [4.69, 9.17) is 10.00 Å². The lowest BCUT2D eigenvalue weighted by molar-refractivity contribution is 0.101. The quantitative estimate of drug-likeness (QED) is 0.762. The number of nitrogens with zero attached hydrogens (tertiary/aromatic N) is 1. The standard InChI is InChI=1S/C10H8BrNO2/c1-6(13)7-3-8(5-12)10(11)9(4-7)14-2/h3-4H,1-2H3. The zero-order valence-electron chi connectivity index (χ0n) is 7.80. The van der Waals surface area contributed by atoms with Gasteiger partial charge < -0.3 is 4.74 Å². The van der Waals surface area contributed by atoms with Gasteiger partial charge in [0.1, 0.15) is 11.8 Å². The van der Waals surface area contributed by atoms with E-state index >= 15 is 0 Å². The Hall–Kier alpha value is -1.34. The SMILES string of the molecule is COc1cc(C(C)=O)cc(C#N)c1Br. The number of halogens is 1. The summed E-state index contributed by atoms with van der Waals surface area (Å²) in [5.74, 6) is 0.404. The van der Waals surface area contributed by atoms with Crippen molar-refractivity contribution in [1.82, 2.24) is 0 Å². The molecule has 14 heavy (non-hydrogen) atoms. The minimum absolute atomic E-state index is 0.0905. The Morgan fingerprint density at radius 2 is 2.21 bits per heavy atom. The van der Waals surface area contributed by atoms with Crippen molar-refractivity contribution in [3.05, 3.63) is 27.7 Å². The maximum atomic E-state index is 11.1. The maximum absolute atomic E-state index is 11.1. The van der Waals surface area contributed by atoms with E-state index in [-0.39, 0.29) is 5.78 Å². The van der Waals surface area contributed by atoms with Gasteiger partial charge in [-0.2, -0.15) is 5.26 Å². The Morgan fingerprint density at radius 1 is 1.57 bits per heavy atom. The molecule has 0 atom stereocenters. The summed E-state index contributed by atoms with van der Waals surface area (Å²) >= 11 is 3.23. The zero-order valence-corrected chi connectivity index (χ0v) is 9.38. The number of carbonyl (C=O) groups is 1. The van der Waals surface area contributed by atoms with Crippen molar-refractivity contribution in [3.8, 4) is 11.8 Å². The highest BCUT2D eigenvalue weighted by Gasteiger charge is 2.10. The van der Waals surface area contributed by atoms with Gasteiger partial charge in [0, 0.05) is 5.56 Å². The topological polar surface area (TPSA) is 50.1 Å². The van der Waals surface area contributed by atoms with Crippen LogP contribution in [-0.4, -0.2) is 12.9 Å². The fraction of sp³-hybridized carbons (Fsp3) is 0.200. The van der Waals surface area contributed by atoms with Gasteiger partial charge in [-0.15, -0.1) is 0 Å². The third-order valence-electron chi connectivity index (χ3n) is 1.79. The number of hydrogen-bond donors (Lipinski definition) is 0. The second-order valence-corrected chi connectivity index (χ2v) is 3.50. The second-order valence-electron chi connectivity index (χ2n) is 2.71. The number of rotatable bonds is 2. The summed E-state index contributed by atoms with van der Waals surface area (Å²) < 4.78 is 5.60. The fourth-order valence-electron chi connectivity index (χ4n) is 1.03. The molecule has 0 fully saturated rings. The molecule has 72 valence electrons. The van der Waals surface area contributed by atoms with Gasteiger partial charge in [-0.1, -0.05) is 0 Å². The summed E-state index contributed by atoms with van der Waals surface area (Å²) in [6, 6.07) is 5.13. The molecule has 0 heterocycles. The first-order valence-electron chi connectivity index (χ1n) is 3.88. The number of methoxy groups -OCH3 is 1. The Morgan fingerprint density at radius 3 is 2.64 bits per heavy atom. The lowest BCUT2D eigenvalue weighted by atomic mass is 10.1. The molecule has 4 heteroatoms. The Bertz CT molecular complexity index is 421. The molecule has 1 aromatic carbocycles. The van der Waals surface area contributed by atoms with Crippen LogP contribution in [0, 0.1) is 11.3 Å².